The minimum absolute atomic E-state index is 0.111. The fourth-order valence-corrected chi connectivity index (χ4v) is 4.62. The molecule has 0 bridgehead atoms. The van der Waals surface area contributed by atoms with Crippen LogP contribution in [0, 0.1) is 25.6 Å². The Morgan fingerprint density at radius 2 is 1.83 bits per heavy atom. The van der Waals surface area contributed by atoms with Crippen molar-refractivity contribution in [2.45, 2.75) is 45.9 Å². The Labute approximate surface area is 203 Å². The first-order valence-corrected chi connectivity index (χ1v) is 11.9. The number of ether oxygens (including phenoxy) is 1. The van der Waals surface area contributed by atoms with Crippen molar-refractivity contribution >= 4 is 17.5 Å². The predicted octanol–water partition coefficient (Wildman–Crippen LogP) is 3.80. The second kappa shape index (κ2) is 9.58. The molecule has 182 valence electrons. The summed E-state index contributed by atoms with van der Waals surface area (Å²) in [6, 6.07) is 12.7. The number of aryl methyl sites for hydroxylation is 2. The summed E-state index contributed by atoms with van der Waals surface area (Å²) in [4.78, 5) is 27.6. The number of halogens is 1. The lowest BCUT2D eigenvalue weighted by molar-refractivity contribution is -0.121. The normalized spacial score (nSPS) is 18.3. The minimum Gasteiger partial charge on any atom is -0.365 e. The van der Waals surface area contributed by atoms with Crippen molar-refractivity contribution < 1.29 is 18.7 Å². The van der Waals surface area contributed by atoms with E-state index in [1.165, 1.54) is 11.6 Å². The number of amides is 2. The van der Waals surface area contributed by atoms with Gasteiger partial charge < -0.3 is 15.0 Å². The molecule has 35 heavy (non-hydrogen) atoms. The zero-order valence-electron chi connectivity index (χ0n) is 19.8. The summed E-state index contributed by atoms with van der Waals surface area (Å²) in [6.45, 7) is 5.39. The van der Waals surface area contributed by atoms with E-state index in [2.05, 4.69) is 27.8 Å². The second-order valence-corrected chi connectivity index (χ2v) is 9.30. The molecule has 0 saturated carbocycles. The summed E-state index contributed by atoms with van der Waals surface area (Å²) in [5.74, 6) is -0.810. The van der Waals surface area contributed by atoms with Gasteiger partial charge in [0.15, 0.2) is 5.69 Å². The van der Waals surface area contributed by atoms with Crippen LogP contribution in [0.4, 0.5) is 10.1 Å². The van der Waals surface area contributed by atoms with Crippen LogP contribution in [0.15, 0.2) is 42.5 Å². The van der Waals surface area contributed by atoms with Gasteiger partial charge in [-0.25, -0.2) is 9.07 Å². The van der Waals surface area contributed by atoms with E-state index in [1.54, 1.807) is 28.6 Å². The van der Waals surface area contributed by atoms with Crippen molar-refractivity contribution in [3.05, 3.63) is 76.4 Å². The van der Waals surface area contributed by atoms with Gasteiger partial charge in [0.2, 0.25) is 5.91 Å². The number of nitrogens with zero attached hydrogens (tertiary/aromatic N) is 4. The topological polar surface area (TPSA) is 89.4 Å². The van der Waals surface area contributed by atoms with E-state index in [0.29, 0.717) is 55.1 Å². The highest BCUT2D eigenvalue weighted by molar-refractivity contribution is 5.94. The van der Waals surface area contributed by atoms with Gasteiger partial charge in [-0.3, -0.25) is 9.59 Å². The van der Waals surface area contributed by atoms with Crippen molar-refractivity contribution in [2.24, 2.45) is 5.92 Å². The molecular weight excluding hydrogens is 449 g/mol. The molecular formula is C26H28FN5O3. The third-order valence-corrected chi connectivity index (χ3v) is 6.83. The van der Waals surface area contributed by atoms with Gasteiger partial charge in [-0.2, -0.15) is 0 Å². The lowest BCUT2D eigenvalue weighted by atomic mass is 9.95. The Hall–Kier alpha value is -3.59. The Kier molecular flexibility index (Phi) is 6.34. The van der Waals surface area contributed by atoms with Crippen molar-refractivity contribution in [2.75, 3.05) is 18.4 Å². The molecule has 1 fully saturated rings. The van der Waals surface area contributed by atoms with Crippen LogP contribution >= 0.6 is 0 Å². The van der Waals surface area contributed by atoms with Crippen molar-refractivity contribution in [1.82, 2.24) is 19.9 Å². The maximum Gasteiger partial charge on any atom is 0.276 e. The maximum atomic E-state index is 13.5. The molecule has 2 amide bonds. The predicted molar refractivity (Wildman–Crippen MR) is 127 cm³/mol. The van der Waals surface area contributed by atoms with Gasteiger partial charge in [-0.1, -0.05) is 35.0 Å². The van der Waals surface area contributed by atoms with Gasteiger partial charge in [-0.15, -0.1) is 5.10 Å². The maximum absolute atomic E-state index is 13.5. The molecule has 3 heterocycles. The van der Waals surface area contributed by atoms with E-state index in [0.717, 1.165) is 5.56 Å². The first-order chi connectivity index (χ1) is 16.9. The van der Waals surface area contributed by atoms with Gasteiger partial charge in [-0.05, 0) is 56.0 Å². The number of benzene rings is 2. The van der Waals surface area contributed by atoms with Crippen LogP contribution in [0.25, 0.3) is 0 Å². The highest BCUT2D eigenvalue weighted by Gasteiger charge is 2.33. The van der Waals surface area contributed by atoms with Gasteiger partial charge in [0.05, 0.1) is 18.8 Å². The van der Waals surface area contributed by atoms with Crippen LogP contribution in [-0.4, -0.2) is 44.8 Å². The molecule has 1 N–H and O–H groups in total. The van der Waals surface area contributed by atoms with E-state index < -0.39 is 0 Å². The van der Waals surface area contributed by atoms with Crippen molar-refractivity contribution in [3.8, 4) is 0 Å². The van der Waals surface area contributed by atoms with Crippen LogP contribution in [0.3, 0.4) is 0 Å². The SMILES string of the molecule is Cc1ccc(C2Cn3nnc(C(=O)N4CCC(C(=O)Nc5ccc(F)c(C)c5)CC4)c3CO2)cc1. The van der Waals surface area contributed by atoms with Crippen LogP contribution in [0.1, 0.15) is 51.8 Å². The Morgan fingerprint density at radius 3 is 2.54 bits per heavy atom. The second-order valence-electron chi connectivity index (χ2n) is 9.30. The fourth-order valence-electron chi connectivity index (χ4n) is 4.62. The van der Waals surface area contributed by atoms with Crippen LogP contribution in [0.2, 0.25) is 0 Å². The largest absolute Gasteiger partial charge is 0.365 e. The van der Waals surface area contributed by atoms with E-state index in [1.807, 2.05) is 19.1 Å². The Morgan fingerprint density at radius 1 is 1.09 bits per heavy atom. The summed E-state index contributed by atoms with van der Waals surface area (Å²) in [6.07, 6.45) is 0.965. The number of nitrogens with one attached hydrogen (secondary N) is 1. The number of likely N-dealkylation sites (tertiary alicyclic amines) is 1. The van der Waals surface area contributed by atoms with Gasteiger partial charge in [0.25, 0.3) is 5.91 Å². The Balaban J connectivity index is 1.18. The molecule has 5 rings (SSSR count). The number of aromatic nitrogens is 3. The summed E-state index contributed by atoms with van der Waals surface area (Å²) in [5, 5.41) is 11.3. The number of hydrogen-bond acceptors (Lipinski definition) is 5. The third-order valence-electron chi connectivity index (χ3n) is 6.83. The monoisotopic (exact) mass is 477 g/mol. The number of carbonyl (C=O) groups is 2. The van der Waals surface area contributed by atoms with E-state index in [4.69, 9.17) is 4.74 Å². The number of carbonyl (C=O) groups excluding carboxylic acids is 2. The smallest absolute Gasteiger partial charge is 0.276 e. The van der Waals surface area contributed by atoms with E-state index in [9.17, 15) is 14.0 Å². The quantitative estimate of drug-likeness (QED) is 0.618. The first-order valence-electron chi connectivity index (χ1n) is 11.9. The molecule has 1 atom stereocenters. The number of anilines is 1. The van der Waals surface area contributed by atoms with E-state index >= 15 is 0 Å². The first kappa shape index (κ1) is 23.2. The van der Waals surface area contributed by atoms with Crippen molar-refractivity contribution in [3.63, 3.8) is 0 Å². The molecule has 2 aliphatic heterocycles. The summed E-state index contributed by atoms with van der Waals surface area (Å²) >= 11 is 0. The van der Waals surface area contributed by atoms with Gasteiger partial charge in [0.1, 0.15) is 11.9 Å². The highest BCUT2D eigenvalue weighted by Crippen LogP contribution is 2.28. The van der Waals surface area contributed by atoms with Crippen LogP contribution < -0.4 is 5.32 Å². The summed E-state index contributed by atoms with van der Waals surface area (Å²) < 4.78 is 21.3. The van der Waals surface area contributed by atoms with Crippen LogP contribution in [0.5, 0.6) is 0 Å². The van der Waals surface area contributed by atoms with Crippen molar-refractivity contribution in [1.29, 1.82) is 0 Å². The molecule has 2 aromatic carbocycles. The molecule has 2 aliphatic rings. The summed E-state index contributed by atoms with van der Waals surface area (Å²) in [5.41, 5.74) is 4.31. The average molecular weight is 478 g/mol. The molecule has 3 aromatic rings. The zero-order chi connectivity index (χ0) is 24.5. The standard InChI is InChI=1S/C26H28FN5O3/c1-16-3-5-18(6-4-16)23-14-32-22(15-35-23)24(29-30-32)26(34)31-11-9-19(10-12-31)25(33)28-20-7-8-21(27)17(2)13-20/h3-8,13,19,23H,9-12,14-15H2,1-2H3,(H,28,33). The lowest BCUT2D eigenvalue weighted by Gasteiger charge is -2.31. The number of hydrogen-bond donors (Lipinski definition) is 1. The Bertz CT molecular complexity index is 1250. The number of rotatable bonds is 4. The van der Waals surface area contributed by atoms with E-state index in [-0.39, 0.29) is 36.3 Å². The highest BCUT2D eigenvalue weighted by atomic mass is 19.1. The summed E-state index contributed by atoms with van der Waals surface area (Å²) in [7, 11) is 0. The lowest BCUT2D eigenvalue weighted by Crippen LogP contribution is -2.42. The average Bonchev–Trinajstić information content (AvgIpc) is 3.29. The molecule has 9 heteroatoms. The fraction of sp³-hybridized carbons (Fsp3) is 0.385. The third kappa shape index (κ3) is 4.81. The molecule has 0 radical (unpaired) electrons. The molecule has 1 unspecified atom stereocenters. The number of fused-ring (bicyclic) bond motifs is 1. The number of piperidine rings is 1. The minimum atomic E-state index is -0.304. The van der Waals surface area contributed by atoms with Crippen LogP contribution in [-0.2, 0) is 22.7 Å². The van der Waals surface area contributed by atoms with Gasteiger partial charge in [0, 0.05) is 24.7 Å². The molecule has 1 aromatic heterocycles. The van der Waals surface area contributed by atoms with Gasteiger partial charge >= 0.3 is 0 Å². The molecule has 8 nitrogen and oxygen atoms in total. The molecule has 1 saturated heterocycles. The molecule has 0 aliphatic carbocycles. The molecule has 0 spiro atoms. The zero-order valence-corrected chi connectivity index (χ0v) is 19.8.